The van der Waals surface area contributed by atoms with Gasteiger partial charge in [-0.05, 0) is 38.1 Å². The van der Waals surface area contributed by atoms with E-state index in [0.717, 1.165) is 32.0 Å². The summed E-state index contributed by atoms with van der Waals surface area (Å²) in [7, 11) is 0. The van der Waals surface area contributed by atoms with Crippen molar-refractivity contribution in [3.8, 4) is 0 Å². The van der Waals surface area contributed by atoms with E-state index >= 15 is 0 Å². The molecular formula is C12H17F3N4O. The van der Waals surface area contributed by atoms with Gasteiger partial charge in [-0.15, -0.1) is 10.2 Å². The van der Waals surface area contributed by atoms with Crippen LogP contribution in [0.3, 0.4) is 0 Å². The molecule has 112 valence electrons. The van der Waals surface area contributed by atoms with Crippen LogP contribution in [-0.2, 0) is 10.9 Å². The van der Waals surface area contributed by atoms with Crippen LogP contribution >= 0.6 is 0 Å². The fraction of sp³-hybridized carbons (Fsp3) is 0.667. The van der Waals surface area contributed by atoms with Crippen molar-refractivity contribution in [2.45, 2.75) is 25.1 Å². The summed E-state index contributed by atoms with van der Waals surface area (Å²) in [6.07, 6.45) is -2.22. The van der Waals surface area contributed by atoms with Crippen LogP contribution in [-0.4, -0.2) is 42.5 Å². The summed E-state index contributed by atoms with van der Waals surface area (Å²) in [5.74, 6) is 0.312. The molecule has 5 nitrogen and oxygen atoms in total. The van der Waals surface area contributed by atoms with E-state index in [2.05, 4.69) is 20.8 Å². The molecule has 2 heterocycles. The maximum atomic E-state index is 12.3. The molecule has 0 atom stereocenters. The Morgan fingerprint density at radius 1 is 1.25 bits per heavy atom. The summed E-state index contributed by atoms with van der Waals surface area (Å²) in [5.41, 5.74) is -0.992. The third-order valence-corrected chi connectivity index (χ3v) is 3.00. The lowest BCUT2D eigenvalue weighted by Crippen LogP contribution is -2.33. The van der Waals surface area contributed by atoms with Crippen LogP contribution in [0, 0.1) is 0 Å². The second-order valence-corrected chi connectivity index (χ2v) is 4.55. The van der Waals surface area contributed by atoms with Gasteiger partial charge in [0.25, 0.3) is 0 Å². The van der Waals surface area contributed by atoms with E-state index in [1.54, 1.807) is 0 Å². The highest BCUT2D eigenvalue weighted by Crippen LogP contribution is 2.26. The molecule has 1 aliphatic rings. The molecule has 1 aliphatic heterocycles. The van der Waals surface area contributed by atoms with Gasteiger partial charge in [-0.1, -0.05) is 0 Å². The number of nitrogens with one attached hydrogen (secondary N) is 2. The normalized spacial score (nSPS) is 17.1. The van der Waals surface area contributed by atoms with Crippen LogP contribution < -0.4 is 10.6 Å². The number of halogens is 3. The van der Waals surface area contributed by atoms with Gasteiger partial charge in [-0.3, -0.25) is 0 Å². The number of hydrogen-bond donors (Lipinski definition) is 2. The Balaban J connectivity index is 1.68. The third kappa shape index (κ3) is 4.61. The molecule has 1 saturated heterocycles. The number of anilines is 1. The van der Waals surface area contributed by atoms with Gasteiger partial charge in [0.05, 0.1) is 12.7 Å². The molecule has 2 N–H and O–H groups in total. The summed E-state index contributed by atoms with van der Waals surface area (Å²) < 4.78 is 42.5. The fourth-order valence-corrected chi connectivity index (χ4v) is 1.94. The number of aromatic nitrogens is 2. The number of hydrogen-bond acceptors (Lipinski definition) is 5. The summed E-state index contributed by atoms with van der Waals surface area (Å²) in [4.78, 5) is 0. The van der Waals surface area contributed by atoms with Crippen LogP contribution in [0.1, 0.15) is 18.5 Å². The van der Waals surface area contributed by atoms with Gasteiger partial charge in [0.1, 0.15) is 5.82 Å². The number of nitrogens with zero attached hydrogens (tertiary/aromatic N) is 2. The van der Waals surface area contributed by atoms with Gasteiger partial charge >= 0.3 is 6.18 Å². The first kappa shape index (κ1) is 15.0. The standard InChI is InChI=1S/C12H17F3N4O/c13-12(14,15)10-1-2-11(19-18-10)17-7-8-20-9-3-5-16-6-4-9/h1-2,9,16H,3-8H2,(H,17,19). The van der Waals surface area contributed by atoms with Crippen molar-refractivity contribution in [2.75, 3.05) is 31.6 Å². The minimum Gasteiger partial charge on any atom is -0.376 e. The van der Waals surface area contributed by atoms with E-state index in [9.17, 15) is 13.2 Å². The number of alkyl halides is 3. The lowest BCUT2D eigenvalue weighted by Gasteiger charge is -2.22. The molecular weight excluding hydrogens is 273 g/mol. The first-order valence-corrected chi connectivity index (χ1v) is 6.53. The predicted octanol–water partition coefficient (Wildman–Crippen LogP) is 1.68. The van der Waals surface area contributed by atoms with E-state index in [0.29, 0.717) is 19.0 Å². The van der Waals surface area contributed by atoms with Crippen molar-refractivity contribution in [1.82, 2.24) is 15.5 Å². The zero-order valence-electron chi connectivity index (χ0n) is 10.9. The molecule has 0 saturated carbocycles. The number of ether oxygens (including phenoxy) is 1. The van der Waals surface area contributed by atoms with Gasteiger partial charge in [-0.2, -0.15) is 13.2 Å². The number of rotatable bonds is 5. The molecule has 0 bridgehead atoms. The second kappa shape index (κ2) is 6.85. The molecule has 0 aromatic carbocycles. The van der Waals surface area contributed by atoms with Gasteiger partial charge < -0.3 is 15.4 Å². The number of piperidine rings is 1. The average Bonchev–Trinajstić information content (AvgIpc) is 2.44. The molecule has 1 fully saturated rings. The van der Waals surface area contributed by atoms with E-state index in [1.807, 2.05) is 0 Å². The lowest BCUT2D eigenvalue weighted by atomic mass is 10.1. The molecule has 0 aliphatic carbocycles. The largest absolute Gasteiger partial charge is 0.435 e. The lowest BCUT2D eigenvalue weighted by molar-refractivity contribution is -0.141. The average molecular weight is 290 g/mol. The van der Waals surface area contributed by atoms with E-state index in [-0.39, 0.29) is 6.10 Å². The highest BCUT2D eigenvalue weighted by Gasteiger charge is 2.32. The smallest absolute Gasteiger partial charge is 0.376 e. The topological polar surface area (TPSA) is 59.1 Å². The Kier molecular flexibility index (Phi) is 5.13. The van der Waals surface area contributed by atoms with E-state index in [1.165, 1.54) is 6.07 Å². The first-order chi connectivity index (χ1) is 9.55. The Morgan fingerprint density at radius 3 is 2.60 bits per heavy atom. The van der Waals surface area contributed by atoms with Crippen molar-refractivity contribution in [3.05, 3.63) is 17.8 Å². The molecule has 1 aromatic rings. The van der Waals surface area contributed by atoms with Crippen LogP contribution in [0.5, 0.6) is 0 Å². The van der Waals surface area contributed by atoms with Gasteiger partial charge in [0.15, 0.2) is 5.69 Å². The second-order valence-electron chi connectivity index (χ2n) is 4.55. The van der Waals surface area contributed by atoms with E-state index in [4.69, 9.17) is 4.74 Å². The minimum absolute atomic E-state index is 0.261. The van der Waals surface area contributed by atoms with Crippen molar-refractivity contribution in [3.63, 3.8) is 0 Å². The summed E-state index contributed by atoms with van der Waals surface area (Å²) in [6.45, 7) is 2.91. The monoisotopic (exact) mass is 290 g/mol. The highest BCUT2D eigenvalue weighted by atomic mass is 19.4. The zero-order chi connectivity index (χ0) is 14.4. The first-order valence-electron chi connectivity index (χ1n) is 6.53. The Bertz CT molecular complexity index is 404. The summed E-state index contributed by atoms with van der Waals surface area (Å²) >= 11 is 0. The Hall–Kier alpha value is -1.41. The molecule has 0 spiro atoms. The maximum Gasteiger partial charge on any atom is 0.435 e. The molecule has 1 aromatic heterocycles. The van der Waals surface area contributed by atoms with Gasteiger partial charge in [-0.25, -0.2) is 0 Å². The van der Waals surface area contributed by atoms with Crippen LogP contribution in [0.4, 0.5) is 19.0 Å². The Morgan fingerprint density at radius 2 is 2.00 bits per heavy atom. The van der Waals surface area contributed by atoms with Gasteiger partial charge in [0, 0.05) is 6.54 Å². The fourth-order valence-electron chi connectivity index (χ4n) is 1.94. The summed E-state index contributed by atoms with van der Waals surface area (Å²) in [5, 5.41) is 12.7. The SMILES string of the molecule is FC(F)(F)c1ccc(NCCOC2CCNCC2)nn1. The molecule has 2 rings (SSSR count). The van der Waals surface area contributed by atoms with Gasteiger partial charge in [0.2, 0.25) is 0 Å². The molecule has 0 unspecified atom stereocenters. The van der Waals surface area contributed by atoms with E-state index < -0.39 is 11.9 Å². The zero-order valence-corrected chi connectivity index (χ0v) is 10.9. The van der Waals surface area contributed by atoms with Crippen molar-refractivity contribution in [2.24, 2.45) is 0 Å². The summed E-state index contributed by atoms with van der Waals surface area (Å²) in [6, 6.07) is 2.17. The molecule has 20 heavy (non-hydrogen) atoms. The molecule has 8 heteroatoms. The van der Waals surface area contributed by atoms with Crippen molar-refractivity contribution in [1.29, 1.82) is 0 Å². The van der Waals surface area contributed by atoms with Crippen LogP contribution in [0.25, 0.3) is 0 Å². The minimum atomic E-state index is -4.45. The molecule has 0 amide bonds. The van der Waals surface area contributed by atoms with Crippen molar-refractivity contribution >= 4 is 5.82 Å². The quantitative estimate of drug-likeness (QED) is 0.808. The predicted molar refractivity (Wildman–Crippen MR) is 67.4 cm³/mol. The third-order valence-electron chi connectivity index (χ3n) is 3.00. The van der Waals surface area contributed by atoms with Crippen molar-refractivity contribution < 1.29 is 17.9 Å². The maximum absolute atomic E-state index is 12.3. The highest BCUT2D eigenvalue weighted by molar-refractivity contribution is 5.33. The van der Waals surface area contributed by atoms with Crippen LogP contribution in [0.2, 0.25) is 0 Å². The Labute approximate surface area is 114 Å². The van der Waals surface area contributed by atoms with Crippen LogP contribution in [0.15, 0.2) is 12.1 Å². The molecule has 0 radical (unpaired) electrons.